The third-order valence-corrected chi connectivity index (χ3v) is 2.27. The number of rotatable bonds is 2. The highest BCUT2D eigenvalue weighted by atomic mass is 16.5. The Bertz CT molecular complexity index is 520. The number of hydrogen-bond donors (Lipinski definition) is 1. The van der Waals surface area contributed by atoms with Crippen molar-refractivity contribution >= 4 is 11.8 Å². The van der Waals surface area contributed by atoms with Crippen LogP contribution in [0.3, 0.4) is 0 Å². The number of carbonyl (C=O) groups excluding carboxylic acids is 1. The molecule has 86 valence electrons. The fourth-order valence-corrected chi connectivity index (χ4v) is 1.38. The summed E-state index contributed by atoms with van der Waals surface area (Å²) in [6.45, 7) is 0. The van der Waals surface area contributed by atoms with E-state index in [-0.39, 0.29) is 5.97 Å². The molecule has 0 unspecified atom stereocenters. The molecule has 5 heteroatoms. The molecule has 0 fully saturated rings. The Morgan fingerprint density at radius 2 is 1.88 bits per heavy atom. The number of methoxy groups -OCH3 is 1. The SMILES string of the molecule is COC(=O)c1ccc(-c2cnc(N)cn2)cc1. The number of hydrogen-bond acceptors (Lipinski definition) is 5. The molecule has 2 N–H and O–H groups in total. The highest BCUT2D eigenvalue weighted by molar-refractivity contribution is 5.89. The normalized spacial score (nSPS) is 9.94. The van der Waals surface area contributed by atoms with Gasteiger partial charge in [0.15, 0.2) is 0 Å². The lowest BCUT2D eigenvalue weighted by Gasteiger charge is -2.02. The Balaban J connectivity index is 2.29. The summed E-state index contributed by atoms with van der Waals surface area (Å²) in [5, 5.41) is 0. The molecule has 0 atom stereocenters. The summed E-state index contributed by atoms with van der Waals surface area (Å²) >= 11 is 0. The lowest BCUT2D eigenvalue weighted by molar-refractivity contribution is 0.0601. The van der Waals surface area contributed by atoms with E-state index >= 15 is 0 Å². The monoisotopic (exact) mass is 229 g/mol. The number of ether oxygens (including phenoxy) is 1. The fraction of sp³-hybridized carbons (Fsp3) is 0.0833. The zero-order valence-corrected chi connectivity index (χ0v) is 9.25. The summed E-state index contributed by atoms with van der Waals surface area (Å²) in [6, 6.07) is 6.93. The molecule has 0 saturated heterocycles. The summed E-state index contributed by atoms with van der Waals surface area (Å²) in [7, 11) is 1.35. The molecule has 0 aliphatic carbocycles. The summed E-state index contributed by atoms with van der Waals surface area (Å²) in [6.07, 6.45) is 3.08. The summed E-state index contributed by atoms with van der Waals surface area (Å²) in [5.41, 5.74) is 7.52. The van der Waals surface area contributed by atoms with Gasteiger partial charge in [-0.15, -0.1) is 0 Å². The van der Waals surface area contributed by atoms with Crippen molar-refractivity contribution in [3.05, 3.63) is 42.2 Å². The van der Waals surface area contributed by atoms with E-state index in [0.717, 1.165) is 5.56 Å². The van der Waals surface area contributed by atoms with Crippen LogP contribution in [0.1, 0.15) is 10.4 Å². The zero-order valence-electron chi connectivity index (χ0n) is 9.25. The molecule has 0 aliphatic rings. The van der Waals surface area contributed by atoms with Crippen molar-refractivity contribution in [2.45, 2.75) is 0 Å². The minimum atomic E-state index is -0.361. The number of carbonyl (C=O) groups is 1. The van der Waals surface area contributed by atoms with E-state index in [0.29, 0.717) is 17.1 Å². The van der Waals surface area contributed by atoms with Gasteiger partial charge in [-0.3, -0.25) is 4.98 Å². The second kappa shape index (κ2) is 4.61. The molecule has 2 rings (SSSR count). The number of esters is 1. The van der Waals surface area contributed by atoms with E-state index in [2.05, 4.69) is 14.7 Å². The van der Waals surface area contributed by atoms with Crippen LogP contribution >= 0.6 is 0 Å². The zero-order chi connectivity index (χ0) is 12.3. The Hall–Kier alpha value is -2.43. The highest BCUT2D eigenvalue weighted by Crippen LogP contribution is 2.17. The predicted octanol–water partition coefficient (Wildman–Crippen LogP) is 1.51. The molecule has 1 aromatic carbocycles. The van der Waals surface area contributed by atoms with Crippen LogP contribution in [-0.2, 0) is 4.74 Å². The van der Waals surface area contributed by atoms with Gasteiger partial charge in [0.25, 0.3) is 0 Å². The first kappa shape index (κ1) is 11.1. The maximum Gasteiger partial charge on any atom is 0.337 e. The van der Waals surface area contributed by atoms with Crippen molar-refractivity contribution in [1.29, 1.82) is 0 Å². The fourth-order valence-electron chi connectivity index (χ4n) is 1.38. The van der Waals surface area contributed by atoms with Crippen molar-refractivity contribution in [3.63, 3.8) is 0 Å². The third-order valence-electron chi connectivity index (χ3n) is 2.27. The molecule has 0 aliphatic heterocycles. The largest absolute Gasteiger partial charge is 0.465 e. The molecular formula is C12H11N3O2. The number of anilines is 1. The number of nitrogens with zero attached hydrogens (tertiary/aromatic N) is 2. The van der Waals surface area contributed by atoms with Gasteiger partial charge in [0, 0.05) is 5.56 Å². The Morgan fingerprint density at radius 3 is 2.41 bits per heavy atom. The van der Waals surface area contributed by atoms with Crippen LogP contribution in [-0.4, -0.2) is 23.0 Å². The first-order chi connectivity index (χ1) is 8.20. The second-order valence-corrected chi connectivity index (χ2v) is 3.40. The number of benzene rings is 1. The molecule has 5 nitrogen and oxygen atoms in total. The maximum absolute atomic E-state index is 11.2. The molecule has 0 saturated carbocycles. The highest BCUT2D eigenvalue weighted by Gasteiger charge is 2.05. The molecule has 0 bridgehead atoms. The molecule has 0 spiro atoms. The number of aromatic nitrogens is 2. The van der Waals surface area contributed by atoms with Gasteiger partial charge in [0.1, 0.15) is 5.82 Å². The summed E-state index contributed by atoms with van der Waals surface area (Å²) < 4.78 is 4.61. The van der Waals surface area contributed by atoms with Gasteiger partial charge in [0.05, 0.1) is 30.8 Å². The lowest BCUT2D eigenvalue weighted by atomic mass is 10.1. The van der Waals surface area contributed by atoms with Crippen molar-refractivity contribution in [2.24, 2.45) is 0 Å². The Morgan fingerprint density at radius 1 is 1.18 bits per heavy atom. The average molecular weight is 229 g/mol. The van der Waals surface area contributed by atoms with Crippen LogP contribution in [0.2, 0.25) is 0 Å². The first-order valence-electron chi connectivity index (χ1n) is 4.97. The van der Waals surface area contributed by atoms with Crippen molar-refractivity contribution < 1.29 is 9.53 Å². The molecule has 1 aromatic heterocycles. The minimum Gasteiger partial charge on any atom is -0.465 e. The van der Waals surface area contributed by atoms with E-state index in [1.165, 1.54) is 13.3 Å². The lowest BCUT2D eigenvalue weighted by Crippen LogP contribution is -2.00. The molecule has 17 heavy (non-hydrogen) atoms. The van der Waals surface area contributed by atoms with Gasteiger partial charge in [-0.1, -0.05) is 12.1 Å². The van der Waals surface area contributed by atoms with Gasteiger partial charge in [-0.25, -0.2) is 9.78 Å². The molecular weight excluding hydrogens is 218 g/mol. The average Bonchev–Trinajstić information content (AvgIpc) is 2.39. The van der Waals surface area contributed by atoms with E-state index in [1.807, 2.05) is 0 Å². The van der Waals surface area contributed by atoms with Crippen molar-refractivity contribution in [3.8, 4) is 11.3 Å². The quantitative estimate of drug-likeness (QED) is 0.790. The van der Waals surface area contributed by atoms with Crippen molar-refractivity contribution in [1.82, 2.24) is 9.97 Å². The third kappa shape index (κ3) is 2.39. The molecule has 2 aromatic rings. The topological polar surface area (TPSA) is 78.1 Å². The smallest absolute Gasteiger partial charge is 0.337 e. The summed E-state index contributed by atoms with van der Waals surface area (Å²) in [4.78, 5) is 19.3. The van der Waals surface area contributed by atoms with Gasteiger partial charge in [0.2, 0.25) is 0 Å². The van der Waals surface area contributed by atoms with Gasteiger partial charge in [-0.05, 0) is 12.1 Å². The molecule has 0 amide bonds. The predicted molar refractivity (Wildman–Crippen MR) is 63.2 cm³/mol. The Labute approximate surface area is 98.3 Å². The van der Waals surface area contributed by atoms with E-state index in [9.17, 15) is 4.79 Å². The molecule has 0 radical (unpaired) electrons. The van der Waals surface area contributed by atoms with Crippen LogP contribution in [0.25, 0.3) is 11.3 Å². The van der Waals surface area contributed by atoms with E-state index < -0.39 is 0 Å². The Kier molecular flexibility index (Phi) is 3.00. The van der Waals surface area contributed by atoms with E-state index in [1.54, 1.807) is 30.5 Å². The van der Waals surface area contributed by atoms with Crippen LogP contribution in [0.4, 0.5) is 5.82 Å². The number of nitrogens with two attached hydrogens (primary N) is 1. The van der Waals surface area contributed by atoms with Crippen LogP contribution < -0.4 is 5.73 Å². The van der Waals surface area contributed by atoms with Gasteiger partial charge >= 0.3 is 5.97 Å². The van der Waals surface area contributed by atoms with E-state index in [4.69, 9.17) is 5.73 Å². The number of nitrogen functional groups attached to an aromatic ring is 1. The van der Waals surface area contributed by atoms with Crippen LogP contribution in [0.15, 0.2) is 36.7 Å². The second-order valence-electron chi connectivity index (χ2n) is 3.40. The van der Waals surface area contributed by atoms with Crippen LogP contribution in [0, 0.1) is 0 Å². The maximum atomic E-state index is 11.2. The minimum absolute atomic E-state index is 0.361. The van der Waals surface area contributed by atoms with Gasteiger partial charge in [-0.2, -0.15) is 0 Å². The van der Waals surface area contributed by atoms with Crippen LogP contribution in [0.5, 0.6) is 0 Å². The van der Waals surface area contributed by atoms with Crippen molar-refractivity contribution in [2.75, 3.05) is 12.8 Å². The first-order valence-corrected chi connectivity index (χ1v) is 4.97. The molecule has 1 heterocycles. The van der Waals surface area contributed by atoms with Gasteiger partial charge < -0.3 is 10.5 Å². The summed E-state index contributed by atoms with van der Waals surface area (Å²) in [5.74, 6) is 0.0138. The standard InChI is InChI=1S/C12H11N3O2/c1-17-12(16)9-4-2-8(3-5-9)10-6-15-11(13)7-14-10/h2-7H,1H3,(H2,13,15).